The number of ether oxygens (including phenoxy) is 1. The zero-order valence-electron chi connectivity index (χ0n) is 11.9. The molecule has 2 N–H and O–H groups in total. The molecule has 1 amide bonds. The monoisotopic (exact) mass is 274 g/mol. The van der Waals surface area contributed by atoms with Gasteiger partial charge in [-0.05, 0) is 56.5 Å². The summed E-state index contributed by atoms with van der Waals surface area (Å²) in [4.78, 5) is 11.7. The van der Waals surface area contributed by atoms with Crippen LogP contribution in [0.1, 0.15) is 25.7 Å². The summed E-state index contributed by atoms with van der Waals surface area (Å²) in [5.41, 5.74) is 2.31. The van der Waals surface area contributed by atoms with E-state index in [1.54, 1.807) is 7.11 Å². The van der Waals surface area contributed by atoms with Crippen molar-refractivity contribution in [1.29, 1.82) is 0 Å². The SMILES string of the molecule is COc1ccc(NC(=O)CNCCC2=CCCC2)cc1. The van der Waals surface area contributed by atoms with Crippen molar-refractivity contribution in [3.63, 3.8) is 0 Å². The van der Waals surface area contributed by atoms with Gasteiger partial charge in [-0.3, -0.25) is 4.79 Å². The van der Waals surface area contributed by atoms with Gasteiger partial charge in [0.05, 0.1) is 13.7 Å². The van der Waals surface area contributed by atoms with Crippen molar-refractivity contribution < 1.29 is 9.53 Å². The van der Waals surface area contributed by atoms with Crippen molar-refractivity contribution in [1.82, 2.24) is 5.32 Å². The fourth-order valence-corrected chi connectivity index (χ4v) is 2.29. The van der Waals surface area contributed by atoms with Crippen LogP contribution in [0.4, 0.5) is 5.69 Å². The zero-order chi connectivity index (χ0) is 14.2. The van der Waals surface area contributed by atoms with Gasteiger partial charge < -0.3 is 15.4 Å². The van der Waals surface area contributed by atoms with Crippen LogP contribution in [0.3, 0.4) is 0 Å². The Bertz CT molecular complexity index is 466. The first-order chi connectivity index (χ1) is 9.78. The van der Waals surface area contributed by atoms with Crippen molar-refractivity contribution >= 4 is 11.6 Å². The lowest BCUT2D eigenvalue weighted by atomic mass is 10.2. The van der Waals surface area contributed by atoms with Crippen molar-refractivity contribution in [3.8, 4) is 5.75 Å². The fraction of sp³-hybridized carbons (Fsp3) is 0.438. The van der Waals surface area contributed by atoms with Crippen LogP contribution < -0.4 is 15.4 Å². The summed E-state index contributed by atoms with van der Waals surface area (Å²) in [5, 5.41) is 6.03. The van der Waals surface area contributed by atoms with Crippen molar-refractivity contribution in [2.75, 3.05) is 25.5 Å². The van der Waals surface area contributed by atoms with E-state index in [0.29, 0.717) is 6.54 Å². The molecule has 20 heavy (non-hydrogen) atoms. The number of anilines is 1. The number of benzene rings is 1. The Labute approximate surface area is 120 Å². The minimum absolute atomic E-state index is 0.0180. The minimum Gasteiger partial charge on any atom is -0.497 e. The highest BCUT2D eigenvalue weighted by atomic mass is 16.5. The number of hydrogen-bond donors (Lipinski definition) is 2. The van der Waals surface area contributed by atoms with E-state index in [-0.39, 0.29) is 5.91 Å². The summed E-state index contributed by atoms with van der Waals surface area (Å²) in [6.45, 7) is 1.21. The fourth-order valence-electron chi connectivity index (χ4n) is 2.29. The van der Waals surface area contributed by atoms with E-state index in [4.69, 9.17) is 4.74 Å². The predicted octanol–water partition coefficient (Wildman–Crippen LogP) is 2.72. The van der Waals surface area contributed by atoms with Gasteiger partial charge in [-0.25, -0.2) is 0 Å². The molecule has 1 aromatic rings. The summed E-state index contributed by atoms with van der Waals surface area (Å²) in [6, 6.07) is 7.32. The third kappa shape index (κ3) is 4.70. The number of carbonyl (C=O) groups excluding carboxylic acids is 1. The molecule has 0 bridgehead atoms. The first-order valence-electron chi connectivity index (χ1n) is 7.10. The topological polar surface area (TPSA) is 50.4 Å². The Kier molecular flexibility index (Phi) is 5.62. The van der Waals surface area contributed by atoms with Gasteiger partial charge in [0.25, 0.3) is 0 Å². The molecule has 1 aliphatic carbocycles. The molecule has 0 fully saturated rings. The molecule has 2 rings (SSSR count). The van der Waals surface area contributed by atoms with Gasteiger partial charge in [-0.1, -0.05) is 11.6 Å². The summed E-state index contributed by atoms with van der Waals surface area (Å²) < 4.78 is 5.07. The lowest BCUT2D eigenvalue weighted by Crippen LogP contribution is -2.28. The summed E-state index contributed by atoms with van der Waals surface area (Å²) in [7, 11) is 1.62. The highest BCUT2D eigenvalue weighted by Gasteiger charge is 2.05. The van der Waals surface area contributed by atoms with Crippen LogP contribution in [0.2, 0.25) is 0 Å². The first kappa shape index (κ1) is 14.6. The molecule has 0 aromatic heterocycles. The maximum Gasteiger partial charge on any atom is 0.238 e. The number of hydrogen-bond acceptors (Lipinski definition) is 3. The van der Waals surface area contributed by atoms with Crippen LogP contribution in [0, 0.1) is 0 Å². The van der Waals surface area contributed by atoms with Crippen LogP contribution in [-0.4, -0.2) is 26.1 Å². The van der Waals surface area contributed by atoms with Gasteiger partial charge in [-0.15, -0.1) is 0 Å². The molecule has 4 nitrogen and oxygen atoms in total. The normalized spacial score (nSPS) is 13.9. The van der Waals surface area contributed by atoms with Crippen molar-refractivity contribution in [2.24, 2.45) is 0 Å². The van der Waals surface area contributed by atoms with E-state index < -0.39 is 0 Å². The van der Waals surface area contributed by atoms with E-state index in [0.717, 1.165) is 24.4 Å². The molecule has 1 aliphatic rings. The average Bonchev–Trinajstić information content (AvgIpc) is 2.98. The largest absolute Gasteiger partial charge is 0.497 e. The Morgan fingerprint density at radius 3 is 2.75 bits per heavy atom. The van der Waals surface area contributed by atoms with E-state index in [2.05, 4.69) is 16.7 Å². The second-order valence-corrected chi connectivity index (χ2v) is 4.96. The van der Waals surface area contributed by atoms with E-state index in [1.165, 1.54) is 24.8 Å². The highest BCUT2D eigenvalue weighted by Crippen LogP contribution is 2.19. The molecule has 0 heterocycles. The number of methoxy groups -OCH3 is 1. The van der Waals surface area contributed by atoms with Gasteiger partial charge in [0.15, 0.2) is 0 Å². The molecule has 0 radical (unpaired) electrons. The molecule has 0 unspecified atom stereocenters. The maximum atomic E-state index is 11.7. The van der Waals surface area contributed by atoms with Crippen molar-refractivity contribution in [2.45, 2.75) is 25.7 Å². The highest BCUT2D eigenvalue weighted by molar-refractivity contribution is 5.92. The zero-order valence-corrected chi connectivity index (χ0v) is 11.9. The lowest BCUT2D eigenvalue weighted by molar-refractivity contribution is -0.115. The van der Waals surface area contributed by atoms with Crippen LogP contribution in [0.5, 0.6) is 5.75 Å². The number of rotatable bonds is 7. The second-order valence-electron chi connectivity index (χ2n) is 4.96. The molecule has 4 heteroatoms. The molecular formula is C16H22N2O2. The summed E-state index contributed by atoms with van der Waals surface area (Å²) in [6.07, 6.45) is 7.09. The van der Waals surface area contributed by atoms with E-state index in [9.17, 15) is 4.79 Å². The maximum absolute atomic E-state index is 11.7. The smallest absolute Gasteiger partial charge is 0.238 e. The third-order valence-corrected chi connectivity index (χ3v) is 3.42. The molecule has 108 valence electrons. The van der Waals surface area contributed by atoms with Gasteiger partial charge in [-0.2, -0.15) is 0 Å². The van der Waals surface area contributed by atoms with Crippen LogP contribution >= 0.6 is 0 Å². The molecule has 0 spiro atoms. The number of nitrogens with one attached hydrogen (secondary N) is 2. The third-order valence-electron chi connectivity index (χ3n) is 3.42. The first-order valence-corrected chi connectivity index (χ1v) is 7.10. The Morgan fingerprint density at radius 1 is 1.30 bits per heavy atom. The summed E-state index contributed by atoms with van der Waals surface area (Å²) >= 11 is 0. The predicted molar refractivity (Wildman–Crippen MR) is 81.0 cm³/mol. The number of allylic oxidation sites excluding steroid dienone is 1. The van der Waals surface area contributed by atoms with E-state index in [1.807, 2.05) is 24.3 Å². The molecule has 0 aliphatic heterocycles. The van der Waals surface area contributed by atoms with Gasteiger partial charge >= 0.3 is 0 Å². The van der Waals surface area contributed by atoms with Crippen LogP contribution in [-0.2, 0) is 4.79 Å². The van der Waals surface area contributed by atoms with E-state index >= 15 is 0 Å². The standard InChI is InChI=1S/C16H22N2O2/c1-20-15-8-6-14(7-9-15)18-16(19)12-17-11-10-13-4-2-3-5-13/h4,6-9,17H,2-3,5,10-12H2,1H3,(H,18,19). The molecular weight excluding hydrogens is 252 g/mol. The number of amides is 1. The number of carbonyl (C=O) groups is 1. The average molecular weight is 274 g/mol. The Morgan fingerprint density at radius 2 is 2.10 bits per heavy atom. The van der Waals surface area contributed by atoms with Gasteiger partial charge in [0.2, 0.25) is 5.91 Å². The van der Waals surface area contributed by atoms with Crippen LogP contribution in [0.15, 0.2) is 35.9 Å². The molecule has 1 aromatic carbocycles. The minimum atomic E-state index is -0.0180. The van der Waals surface area contributed by atoms with Gasteiger partial charge in [0.1, 0.15) is 5.75 Å². The molecule has 0 saturated heterocycles. The quantitative estimate of drug-likeness (QED) is 0.594. The molecule has 0 saturated carbocycles. The second kappa shape index (κ2) is 7.70. The lowest BCUT2D eigenvalue weighted by Gasteiger charge is -2.08. The molecule has 0 atom stereocenters. The van der Waals surface area contributed by atoms with Crippen molar-refractivity contribution in [3.05, 3.63) is 35.9 Å². The summed E-state index contributed by atoms with van der Waals surface area (Å²) in [5.74, 6) is 0.765. The Hall–Kier alpha value is -1.81. The Balaban J connectivity index is 1.64. The van der Waals surface area contributed by atoms with Crippen LogP contribution in [0.25, 0.3) is 0 Å². The van der Waals surface area contributed by atoms with Gasteiger partial charge in [0, 0.05) is 5.69 Å².